The fourth-order valence-electron chi connectivity index (χ4n) is 2.39. The first-order valence-corrected chi connectivity index (χ1v) is 6.76. The van der Waals surface area contributed by atoms with Gasteiger partial charge >= 0.3 is 5.97 Å². The second-order valence-corrected chi connectivity index (χ2v) is 5.21. The number of carbonyl (C=O) groups is 2. The first-order chi connectivity index (χ1) is 9.54. The van der Waals surface area contributed by atoms with E-state index in [0.29, 0.717) is 25.0 Å². The van der Waals surface area contributed by atoms with Crippen molar-refractivity contribution in [2.75, 3.05) is 6.61 Å². The van der Waals surface area contributed by atoms with E-state index in [4.69, 9.17) is 9.84 Å². The molecule has 0 unspecified atom stereocenters. The zero-order valence-corrected chi connectivity index (χ0v) is 11.5. The second-order valence-electron chi connectivity index (χ2n) is 5.21. The normalized spacial score (nSPS) is 21.4. The Morgan fingerprint density at radius 3 is 2.60 bits per heavy atom. The first kappa shape index (κ1) is 14.4. The molecule has 0 aromatic heterocycles. The van der Waals surface area contributed by atoms with Crippen LogP contribution in [0.25, 0.3) is 0 Å². The molecule has 1 aliphatic carbocycles. The maximum absolute atomic E-state index is 11.7. The number of nitrogens with one attached hydrogen (secondary N) is 1. The first-order valence-electron chi connectivity index (χ1n) is 6.76. The number of hydrogen-bond acceptors (Lipinski definition) is 3. The number of ether oxygens (including phenoxy) is 1. The molecule has 1 aromatic rings. The van der Waals surface area contributed by atoms with E-state index in [-0.39, 0.29) is 24.5 Å². The van der Waals surface area contributed by atoms with Gasteiger partial charge in [-0.2, -0.15) is 0 Å². The van der Waals surface area contributed by atoms with Gasteiger partial charge in [0, 0.05) is 6.04 Å². The topological polar surface area (TPSA) is 75.6 Å². The molecule has 0 spiro atoms. The van der Waals surface area contributed by atoms with Gasteiger partial charge in [-0.25, -0.2) is 0 Å². The van der Waals surface area contributed by atoms with Gasteiger partial charge in [-0.15, -0.1) is 0 Å². The van der Waals surface area contributed by atoms with E-state index in [1.54, 1.807) is 0 Å². The van der Waals surface area contributed by atoms with Gasteiger partial charge in [0.2, 0.25) is 0 Å². The third kappa shape index (κ3) is 3.98. The fraction of sp³-hybridized carbons (Fsp3) is 0.467. The van der Waals surface area contributed by atoms with Crippen LogP contribution in [-0.2, 0) is 9.59 Å². The van der Waals surface area contributed by atoms with Crippen LogP contribution in [0.4, 0.5) is 0 Å². The Balaban J connectivity index is 1.73. The number of carboxylic acid groups (broad SMARTS) is 1. The van der Waals surface area contributed by atoms with E-state index in [1.807, 2.05) is 31.2 Å². The molecule has 2 atom stereocenters. The van der Waals surface area contributed by atoms with Crippen molar-refractivity contribution in [3.05, 3.63) is 29.8 Å². The zero-order valence-electron chi connectivity index (χ0n) is 11.5. The van der Waals surface area contributed by atoms with Crippen LogP contribution in [0.5, 0.6) is 5.75 Å². The quantitative estimate of drug-likeness (QED) is 0.859. The Hall–Kier alpha value is -2.04. The summed E-state index contributed by atoms with van der Waals surface area (Å²) in [6, 6.07) is 7.42. The number of hydrogen-bond donors (Lipinski definition) is 2. The van der Waals surface area contributed by atoms with Crippen molar-refractivity contribution in [2.45, 2.75) is 32.2 Å². The molecule has 0 radical (unpaired) electrons. The van der Waals surface area contributed by atoms with Crippen molar-refractivity contribution in [1.29, 1.82) is 0 Å². The van der Waals surface area contributed by atoms with E-state index in [2.05, 4.69) is 5.32 Å². The van der Waals surface area contributed by atoms with Crippen molar-refractivity contribution in [3.63, 3.8) is 0 Å². The van der Waals surface area contributed by atoms with Crippen molar-refractivity contribution in [2.24, 2.45) is 5.92 Å². The van der Waals surface area contributed by atoms with Crippen molar-refractivity contribution >= 4 is 11.9 Å². The lowest BCUT2D eigenvalue weighted by molar-refractivity contribution is -0.141. The van der Waals surface area contributed by atoms with Gasteiger partial charge in [0.1, 0.15) is 5.75 Å². The van der Waals surface area contributed by atoms with Crippen LogP contribution in [0.1, 0.15) is 24.8 Å². The monoisotopic (exact) mass is 277 g/mol. The highest BCUT2D eigenvalue weighted by Crippen LogP contribution is 2.25. The molecule has 5 heteroatoms. The van der Waals surface area contributed by atoms with Gasteiger partial charge in [-0.1, -0.05) is 17.7 Å². The highest BCUT2D eigenvalue weighted by molar-refractivity contribution is 5.78. The van der Waals surface area contributed by atoms with E-state index in [0.717, 1.165) is 5.56 Å². The van der Waals surface area contributed by atoms with Gasteiger partial charge in [0.15, 0.2) is 6.61 Å². The fourth-order valence-corrected chi connectivity index (χ4v) is 2.39. The predicted octanol–water partition coefficient (Wildman–Crippen LogP) is 1.74. The molecule has 1 aromatic carbocycles. The summed E-state index contributed by atoms with van der Waals surface area (Å²) in [5.74, 6) is -0.668. The molecular formula is C15H19NO4. The molecule has 0 heterocycles. The number of amides is 1. The van der Waals surface area contributed by atoms with Crippen molar-refractivity contribution < 1.29 is 19.4 Å². The SMILES string of the molecule is Cc1ccc(OCC(=O)N[C@H]2CC[C@@H](C(=O)O)C2)cc1. The Morgan fingerprint density at radius 2 is 2.00 bits per heavy atom. The van der Waals surface area contributed by atoms with Crippen LogP contribution in [0, 0.1) is 12.8 Å². The summed E-state index contributed by atoms with van der Waals surface area (Å²) >= 11 is 0. The molecule has 0 bridgehead atoms. The Kier molecular flexibility index (Phi) is 4.61. The van der Waals surface area contributed by atoms with Crippen LogP contribution in [-0.4, -0.2) is 29.6 Å². The number of aryl methyl sites for hydroxylation is 1. The second kappa shape index (κ2) is 6.41. The lowest BCUT2D eigenvalue weighted by Gasteiger charge is -2.13. The largest absolute Gasteiger partial charge is 0.484 e. The summed E-state index contributed by atoms with van der Waals surface area (Å²) in [4.78, 5) is 22.6. The highest BCUT2D eigenvalue weighted by Gasteiger charge is 2.30. The zero-order chi connectivity index (χ0) is 14.5. The molecule has 108 valence electrons. The molecule has 2 rings (SSSR count). The smallest absolute Gasteiger partial charge is 0.306 e. The Bertz CT molecular complexity index is 483. The molecular weight excluding hydrogens is 258 g/mol. The van der Waals surface area contributed by atoms with Crippen LogP contribution in [0.15, 0.2) is 24.3 Å². The molecule has 1 saturated carbocycles. The van der Waals surface area contributed by atoms with Gasteiger partial charge in [0.05, 0.1) is 5.92 Å². The summed E-state index contributed by atoms with van der Waals surface area (Å²) in [7, 11) is 0. The molecule has 1 amide bonds. The van der Waals surface area contributed by atoms with Crippen LogP contribution in [0.2, 0.25) is 0 Å². The minimum atomic E-state index is -0.780. The number of carbonyl (C=O) groups excluding carboxylic acids is 1. The minimum Gasteiger partial charge on any atom is -0.484 e. The van der Waals surface area contributed by atoms with Crippen molar-refractivity contribution in [1.82, 2.24) is 5.32 Å². The van der Waals surface area contributed by atoms with Crippen LogP contribution in [0.3, 0.4) is 0 Å². The highest BCUT2D eigenvalue weighted by atomic mass is 16.5. The number of aliphatic carboxylic acids is 1. The van der Waals surface area contributed by atoms with E-state index in [1.165, 1.54) is 0 Å². The van der Waals surface area contributed by atoms with Gasteiger partial charge in [-0.3, -0.25) is 9.59 Å². The summed E-state index contributed by atoms with van der Waals surface area (Å²) in [5, 5.41) is 11.7. The standard InChI is InChI=1S/C15H19NO4/c1-10-2-6-13(7-3-10)20-9-14(17)16-12-5-4-11(8-12)15(18)19/h2-3,6-7,11-12H,4-5,8-9H2,1H3,(H,16,17)(H,18,19)/t11-,12+/m1/s1. The molecule has 20 heavy (non-hydrogen) atoms. The Morgan fingerprint density at radius 1 is 1.30 bits per heavy atom. The van der Waals surface area contributed by atoms with Crippen molar-refractivity contribution in [3.8, 4) is 5.75 Å². The molecule has 5 nitrogen and oxygen atoms in total. The van der Waals surface area contributed by atoms with Crippen LogP contribution >= 0.6 is 0 Å². The average Bonchev–Trinajstić information content (AvgIpc) is 2.87. The average molecular weight is 277 g/mol. The number of carboxylic acids is 1. The van der Waals surface area contributed by atoms with Crippen LogP contribution < -0.4 is 10.1 Å². The molecule has 1 aliphatic rings. The molecule has 1 fully saturated rings. The molecule has 0 saturated heterocycles. The van der Waals surface area contributed by atoms with Gasteiger partial charge in [-0.05, 0) is 38.3 Å². The maximum atomic E-state index is 11.7. The minimum absolute atomic E-state index is 0.0443. The number of rotatable bonds is 5. The van der Waals surface area contributed by atoms with E-state index < -0.39 is 5.97 Å². The summed E-state index contributed by atoms with van der Waals surface area (Å²) in [6.07, 6.45) is 1.85. The molecule has 2 N–H and O–H groups in total. The third-order valence-corrected chi connectivity index (χ3v) is 3.54. The molecule has 0 aliphatic heterocycles. The third-order valence-electron chi connectivity index (χ3n) is 3.54. The Labute approximate surface area is 117 Å². The summed E-state index contributed by atoms with van der Waals surface area (Å²) in [5.41, 5.74) is 1.13. The summed E-state index contributed by atoms with van der Waals surface area (Å²) < 4.78 is 5.38. The predicted molar refractivity (Wildman–Crippen MR) is 73.6 cm³/mol. The summed E-state index contributed by atoms with van der Waals surface area (Å²) in [6.45, 7) is 1.94. The lowest BCUT2D eigenvalue weighted by atomic mass is 10.1. The van der Waals surface area contributed by atoms with Gasteiger partial charge < -0.3 is 15.2 Å². The van der Waals surface area contributed by atoms with E-state index >= 15 is 0 Å². The van der Waals surface area contributed by atoms with Gasteiger partial charge in [0.25, 0.3) is 5.91 Å². The number of benzene rings is 1. The lowest BCUT2D eigenvalue weighted by Crippen LogP contribution is -2.36. The van der Waals surface area contributed by atoms with E-state index in [9.17, 15) is 9.59 Å². The maximum Gasteiger partial charge on any atom is 0.306 e.